The molecule has 5 nitrogen and oxygen atoms in total. The smallest absolute Gasteiger partial charge is 0.409 e. The van der Waals surface area contributed by atoms with Crippen LogP contribution in [0.5, 0.6) is 0 Å². The number of halogens is 1. The first kappa shape index (κ1) is 19.9. The van der Waals surface area contributed by atoms with Crippen LogP contribution in [0.25, 0.3) is 5.57 Å². The summed E-state index contributed by atoms with van der Waals surface area (Å²) in [4.78, 5) is 28.0. The number of allylic oxidation sites excluding steroid dienone is 1. The van der Waals surface area contributed by atoms with Gasteiger partial charge in [0.15, 0.2) is 0 Å². The molecule has 1 aliphatic rings. The Balaban J connectivity index is 1.94. The minimum absolute atomic E-state index is 0.121. The van der Waals surface area contributed by atoms with Crippen LogP contribution in [-0.4, -0.2) is 54.6 Å². The molecule has 1 saturated heterocycles. The molecule has 0 aliphatic carbocycles. The van der Waals surface area contributed by atoms with Crippen molar-refractivity contribution in [3.63, 3.8) is 0 Å². The highest BCUT2D eigenvalue weighted by atomic mass is 19.1. The van der Waals surface area contributed by atoms with Crippen LogP contribution in [0.3, 0.4) is 0 Å². The predicted octanol–water partition coefficient (Wildman–Crippen LogP) is 3.56. The Labute approximate surface area is 154 Å². The van der Waals surface area contributed by atoms with Gasteiger partial charge >= 0.3 is 6.09 Å². The van der Waals surface area contributed by atoms with E-state index in [2.05, 4.69) is 0 Å². The zero-order chi connectivity index (χ0) is 19.1. The zero-order valence-electron chi connectivity index (χ0n) is 15.7. The van der Waals surface area contributed by atoms with E-state index in [0.717, 1.165) is 0 Å². The lowest BCUT2D eigenvalue weighted by molar-refractivity contribution is -0.125. The number of carbonyl (C=O) groups excluding carboxylic acids is 2. The fourth-order valence-electron chi connectivity index (χ4n) is 2.74. The molecule has 0 unspecified atom stereocenters. The highest BCUT2D eigenvalue weighted by Crippen LogP contribution is 2.16. The summed E-state index contributed by atoms with van der Waals surface area (Å²) in [7, 11) is 0. The molecule has 2 rings (SSSR count). The van der Waals surface area contributed by atoms with Crippen molar-refractivity contribution in [3.05, 3.63) is 41.7 Å². The van der Waals surface area contributed by atoms with E-state index in [9.17, 15) is 14.0 Å². The molecule has 1 aliphatic heterocycles. The van der Waals surface area contributed by atoms with Crippen LogP contribution in [0.4, 0.5) is 9.18 Å². The largest absolute Gasteiger partial charge is 0.449 e. The monoisotopic (exact) mass is 362 g/mol. The standard InChI is InChI=1S/C20H27FN2O3/c1-15(2)14-26-20(25)23-9-5-8-22(10-11-23)19(24)12-16(3)17-6-4-7-18(21)13-17/h4,6-7,12-13,15H,5,8-11,14H2,1-3H3. The van der Waals surface area contributed by atoms with Gasteiger partial charge in [0.25, 0.3) is 0 Å². The van der Waals surface area contributed by atoms with Crippen molar-refractivity contribution >= 4 is 17.6 Å². The van der Waals surface area contributed by atoms with Gasteiger partial charge in [0.2, 0.25) is 5.91 Å². The maximum absolute atomic E-state index is 13.3. The third kappa shape index (κ3) is 5.86. The first-order chi connectivity index (χ1) is 12.4. The number of ether oxygens (including phenoxy) is 1. The normalized spacial score (nSPS) is 15.8. The summed E-state index contributed by atoms with van der Waals surface area (Å²) in [6.07, 6.45) is 1.91. The SMILES string of the molecule is CC(=CC(=O)N1CCCN(C(=O)OCC(C)C)CC1)c1cccc(F)c1. The van der Waals surface area contributed by atoms with Gasteiger partial charge in [-0.3, -0.25) is 4.79 Å². The number of carbonyl (C=O) groups is 2. The first-order valence-corrected chi connectivity index (χ1v) is 9.01. The molecule has 1 heterocycles. The van der Waals surface area contributed by atoms with Gasteiger partial charge in [-0.15, -0.1) is 0 Å². The molecule has 0 aromatic heterocycles. The quantitative estimate of drug-likeness (QED) is 0.770. The van der Waals surface area contributed by atoms with E-state index in [1.165, 1.54) is 18.2 Å². The van der Waals surface area contributed by atoms with Crippen molar-refractivity contribution < 1.29 is 18.7 Å². The molecule has 26 heavy (non-hydrogen) atoms. The highest BCUT2D eigenvalue weighted by molar-refractivity contribution is 5.94. The number of nitrogens with zero attached hydrogens (tertiary/aromatic N) is 2. The maximum atomic E-state index is 13.3. The number of hydrogen-bond donors (Lipinski definition) is 0. The molecule has 0 N–H and O–H groups in total. The summed E-state index contributed by atoms with van der Waals surface area (Å²) in [6, 6.07) is 6.19. The molecular weight excluding hydrogens is 335 g/mol. The lowest BCUT2D eigenvalue weighted by Gasteiger charge is -2.21. The fraction of sp³-hybridized carbons (Fsp3) is 0.500. The number of hydrogen-bond acceptors (Lipinski definition) is 3. The molecule has 0 bridgehead atoms. The van der Waals surface area contributed by atoms with E-state index >= 15 is 0 Å². The summed E-state index contributed by atoms with van der Waals surface area (Å²) in [6.45, 7) is 8.24. The predicted molar refractivity (Wildman–Crippen MR) is 99.0 cm³/mol. The van der Waals surface area contributed by atoms with Gasteiger partial charge in [-0.2, -0.15) is 0 Å². The number of rotatable bonds is 4. The Morgan fingerprint density at radius 3 is 2.58 bits per heavy atom. The summed E-state index contributed by atoms with van der Waals surface area (Å²) >= 11 is 0. The van der Waals surface area contributed by atoms with Crippen LogP contribution >= 0.6 is 0 Å². The molecule has 0 saturated carbocycles. The number of amides is 2. The molecule has 0 radical (unpaired) electrons. The minimum Gasteiger partial charge on any atom is -0.449 e. The Hall–Kier alpha value is -2.37. The average molecular weight is 362 g/mol. The number of benzene rings is 1. The van der Waals surface area contributed by atoms with E-state index in [4.69, 9.17) is 4.74 Å². The van der Waals surface area contributed by atoms with Crippen LogP contribution < -0.4 is 0 Å². The molecular formula is C20H27FN2O3. The third-order valence-electron chi connectivity index (χ3n) is 4.23. The zero-order valence-corrected chi connectivity index (χ0v) is 15.7. The summed E-state index contributed by atoms with van der Waals surface area (Å²) in [5.74, 6) is -0.155. The molecule has 1 aromatic rings. The van der Waals surface area contributed by atoms with Crippen molar-refractivity contribution in [3.8, 4) is 0 Å². The van der Waals surface area contributed by atoms with Crippen LogP contribution in [0.15, 0.2) is 30.3 Å². The molecule has 142 valence electrons. The second kappa shape index (κ2) is 9.36. The van der Waals surface area contributed by atoms with Crippen LogP contribution in [0, 0.1) is 11.7 Å². The Morgan fingerprint density at radius 1 is 1.19 bits per heavy atom. The van der Waals surface area contributed by atoms with Crippen LogP contribution in [0.1, 0.15) is 32.8 Å². The molecule has 2 amide bonds. The lowest BCUT2D eigenvalue weighted by atomic mass is 10.1. The van der Waals surface area contributed by atoms with E-state index < -0.39 is 0 Å². The lowest BCUT2D eigenvalue weighted by Crippen LogP contribution is -2.37. The average Bonchev–Trinajstić information content (AvgIpc) is 2.85. The van der Waals surface area contributed by atoms with Gasteiger partial charge in [0.1, 0.15) is 5.82 Å². The van der Waals surface area contributed by atoms with E-state index in [1.54, 1.807) is 28.9 Å². The van der Waals surface area contributed by atoms with Gasteiger partial charge in [0.05, 0.1) is 6.61 Å². The fourth-order valence-corrected chi connectivity index (χ4v) is 2.74. The van der Waals surface area contributed by atoms with Crippen molar-refractivity contribution in [1.29, 1.82) is 0 Å². The second-order valence-corrected chi connectivity index (χ2v) is 6.97. The summed E-state index contributed by atoms with van der Waals surface area (Å²) < 4.78 is 18.6. The molecule has 1 fully saturated rings. The molecule has 1 aromatic carbocycles. The summed E-state index contributed by atoms with van der Waals surface area (Å²) in [5, 5.41) is 0. The maximum Gasteiger partial charge on any atom is 0.409 e. The van der Waals surface area contributed by atoms with E-state index in [0.29, 0.717) is 56.3 Å². The second-order valence-electron chi connectivity index (χ2n) is 6.97. The minimum atomic E-state index is -0.326. The Kier molecular flexibility index (Phi) is 7.18. The van der Waals surface area contributed by atoms with Crippen molar-refractivity contribution in [2.75, 3.05) is 32.8 Å². The molecule has 0 atom stereocenters. The topological polar surface area (TPSA) is 49.9 Å². The van der Waals surface area contributed by atoms with Gasteiger partial charge in [-0.25, -0.2) is 9.18 Å². The van der Waals surface area contributed by atoms with Crippen LogP contribution in [-0.2, 0) is 9.53 Å². The first-order valence-electron chi connectivity index (χ1n) is 9.01. The van der Waals surface area contributed by atoms with Crippen molar-refractivity contribution in [1.82, 2.24) is 9.80 Å². The van der Waals surface area contributed by atoms with Gasteiger partial charge < -0.3 is 14.5 Å². The van der Waals surface area contributed by atoms with E-state index in [-0.39, 0.29) is 17.8 Å². The Bertz CT molecular complexity index is 673. The van der Waals surface area contributed by atoms with Crippen LogP contribution in [0.2, 0.25) is 0 Å². The van der Waals surface area contributed by atoms with E-state index in [1.807, 2.05) is 13.8 Å². The summed E-state index contributed by atoms with van der Waals surface area (Å²) in [5.41, 5.74) is 1.40. The Morgan fingerprint density at radius 2 is 1.88 bits per heavy atom. The van der Waals surface area contributed by atoms with Crippen molar-refractivity contribution in [2.24, 2.45) is 5.92 Å². The van der Waals surface area contributed by atoms with Crippen molar-refractivity contribution in [2.45, 2.75) is 27.2 Å². The molecule has 6 heteroatoms. The molecule has 0 spiro atoms. The van der Waals surface area contributed by atoms with Gasteiger partial charge in [0, 0.05) is 32.3 Å². The highest BCUT2D eigenvalue weighted by Gasteiger charge is 2.22. The van der Waals surface area contributed by atoms with Gasteiger partial charge in [-0.1, -0.05) is 26.0 Å². The van der Waals surface area contributed by atoms with Gasteiger partial charge in [-0.05, 0) is 42.5 Å². The third-order valence-corrected chi connectivity index (χ3v) is 4.23.